The lowest BCUT2D eigenvalue weighted by Crippen LogP contribution is -2.33. The summed E-state index contributed by atoms with van der Waals surface area (Å²) in [4.78, 5) is 35.3. The second kappa shape index (κ2) is 10.8. The van der Waals surface area contributed by atoms with Gasteiger partial charge in [-0.05, 0) is 37.5 Å². The normalized spacial score (nSPS) is 16.9. The number of pyridine rings is 2. The summed E-state index contributed by atoms with van der Waals surface area (Å²) in [6.45, 7) is 6.45. The number of halogens is 1. The maximum atomic E-state index is 13.3. The number of hydrogen-bond acceptors (Lipinski definition) is 5. The monoisotopic (exact) mass is 533 g/mol. The molecule has 1 fully saturated rings. The highest BCUT2D eigenvalue weighted by atomic mass is 79.9. The standard InChI is InChI=1S/C26H24BrN5O3/c1-3-4-5-9-19(27)14-22(33)29-24-18(15-28)13-21-25(32(24)16-20-10-7-12-35-20)30-23-17(2)8-6-11-31(23)26(21)34/h3-6,8-9,11,13,20H,1,7,10,12,14,16H2,2H3/b5-4-,19-9+,29-24?. The Morgan fingerprint density at radius 1 is 1.43 bits per heavy atom. The fourth-order valence-corrected chi connectivity index (χ4v) is 4.45. The Balaban J connectivity index is 1.97. The predicted octanol–water partition coefficient (Wildman–Crippen LogP) is 3.85. The van der Waals surface area contributed by atoms with Crippen LogP contribution in [0, 0.1) is 18.3 Å². The van der Waals surface area contributed by atoms with E-state index in [9.17, 15) is 14.9 Å². The minimum atomic E-state index is -0.439. The molecule has 4 heterocycles. The number of aryl methyl sites for hydroxylation is 1. The van der Waals surface area contributed by atoms with Crippen LogP contribution in [0.5, 0.6) is 0 Å². The van der Waals surface area contributed by atoms with Crippen molar-refractivity contribution in [2.75, 3.05) is 6.61 Å². The number of carbonyl (C=O) groups excluding carboxylic acids is 1. The predicted molar refractivity (Wildman–Crippen MR) is 137 cm³/mol. The maximum absolute atomic E-state index is 13.3. The lowest BCUT2D eigenvalue weighted by Gasteiger charge is -2.17. The largest absolute Gasteiger partial charge is 0.376 e. The minimum absolute atomic E-state index is 0.0111. The number of rotatable bonds is 6. The van der Waals surface area contributed by atoms with E-state index in [-0.39, 0.29) is 34.5 Å². The second-order valence-corrected chi connectivity index (χ2v) is 9.21. The fraction of sp³-hybridized carbons (Fsp3) is 0.269. The highest BCUT2D eigenvalue weighted by Crippen LogP contribution is 2.18. The number of ether oxygens (including phenoxy) is 1. The van der Waals surface area contributed by atoms with Crippen molar-refractivity contribution in [3.8, 4) is 6.07 Å². The van der Waals surface area contributed by atoms with Crippen molar-refractivity contribution in [3.63, 3.8) is 0 Å². The Bertz CT molecular complexity index is 1550. The summed E-state index contributed by atoms with van der Waals surface area (Å²) in [6, 6.07) is 7.23. The summed E-state index contributed by atoms with van der Waals surface area (Å²) < 4.78 is 9.61. The summed E-state index contributed by atoms with van der Waals surface area (Å²) >= 11 is 3.38. The Labute approximate surface area is 210 Å². The molecule has 1 aliphatic heterocycles. The molecule has 0 aromatic carbocycles. The van der Waals surface area contributed by atoms with E-state index in [0.717, 1.165) is 18.4 Å². The second-order valence-electron chi connectivity index (χ2n) is 8.19. The van der Waals surface area contributed by atoms with Gasteiger partial charge in [0.25, 0.3) is 11.5 Å². The van der Waals surface area contributed by atoms with Crippen molar-refractivity contribution in [2.45, 2.75) is 38.8 Å². The van der Waals surface area contributed by atoms with Gasteiger partial charge in [0.2, 0.25) is 0 Å². The molecule has 0 bridgehead atoms. The van der Waals surface area contributed by atoms with Crippen LogP contribution in [-0.4, -0.2) is 32.6 Å². The number of nitriles is 1. The molecule has 35 heavy (non-hydrogen) atoms. The van der Waals surface area contributed by atoms with Gasteiger partial charge < -0.3 is 9.30 Å². The first kappa shape index (κ1) is 24.5. The summed E-state index contributed by atoms with van der Waals surface area (Å²) in [6.07, 6.45) is 10.1. The molecule has 1 aliphatic rings. The van der Waals surface area contributed by atoms with Gasteiger partial charge in [0, 0.05) is 17.3 Å². The van der Waals surface area contributed by atoms with Gasteiger partial charge in [-0.3, -0.25) is 14.0 Å². The van der Waals surface area contributed by atoms with Crippen LogP contribution in [0.25, 0.3) is 16.7 Å². The number of amides is 1. The lowest BCUT2D eigenvalue weighted by molar-refractivity contribution is -0.117. The topological polar surface area (TPSA) is 102 Å². The summed E-state index contributed by atoms with van der Waals surface area (Å²) in [5.74, 6) is -0.439. The summed E-state index contributed by atoms with van der Waals surface area (Å²) in [5.41, 5.74) is 1.72. The van der Waals surface area contributed by atoms with E-state index >= 15 is 0 Å². The van der Waals surface area contributed by atoms with E-state index in [4.69, 9.17) is 9.72 Å². The molecule has 1 saturated heterocycles. The first-order chi connectivity index (χ1) is 16.9. The SMILES string of the molecule is C=C/C=C\C=C(\Br)CC(=O)N=c1c(C#N)cc2c(=O)n3cccc(C)c3nc2n1CC1CCCO1. The zero-order valence-corrected chi connectivity index (χ0v) is 20.9. The van der Waals surface area contributed by atoms with Crippen LogP contribution in [0.2, 0.25) is 0 Å². The molecular formula is C26H24BrN5O3. The van der Waals surface area contributed by atoms with E-state index in [1.807, 2.05) is 13.0 Å². The van der Waals surface area contributed by atoms with Gasteiger partial charge in [0.15, 0.2) is 5.49 Å². The summed E-state index contributed by atoms with van der Waals surface area (Å²) in [5, 5.41) is 10.2. The number of fused-ring (bicyclic) bond motifs is 2. The van der Waals surface area contributed by atoms with Crippen LogP contribution >= 0.6 is 15.9 Å². The Hall–Kier alpha value is -3.61. The molecule has 0 radical (unpaired) electrons. The Morgan fingerprint density at radius 3 is 2.97 bits per heavy atom. The smallest absolute Gasteiger partial charge is 0.267 e. The molecule has 4 rings (SSSR count). The number of nitrogens with zero attached hydrogens (tertiary/aromatic N) is 5. The van der Waals surface area contributed by atoms with E-state index in [0.29, 0.717) is 28.9 Å². The van der Waals surface area contributed by atoms with Crippen molar-refractivity contribution < 1.29 is 9.53 Å². The number of aromatic nitrogens is 3. The van der Waals surface area contributed by atoms with Crippen LogP contribution in [0.1, 0.15) is 30.4 Å². The highest BCUT2D eigenvalue weighted by Gasteiger charge is 2.21. The van der Waals surface area contributed by atoms with Gasteiger partial charge in [-0.25, -0.2) is 4.98 Å². The van der Waals surface area contributed by atoms with Crippen molar-refractivity contribution in [3.05, 3.63) is 86.7 Å². The van der Waals surface area contributed by atoms with Gasteiger partial charge in [-0.1, -0.05) is 52.9 Å². The average Bonchev–Trinajstić information content (AvgIpc) is 3.35. The molecule has 0 N–H and O–H groups in total. The third kappa shape index (κ3) is 5.24. The van der Waals surface area contributed by atoms with Crippen LogP contribution in [0.4, 0.5) is 0 Å². The van der Waals surface area contributed by atoms with Crippen LogP contribution in [-0.2, 0) is 16.1 Å². The zero-order chi connectivity index (χ0) is 24.9. The Kier molecular flexibility index (Phi) is 7.54. The van der Waals surface area contributed by atoms with Gasteiger partial charge >= 0.3 is 0 Å². The third-order valence-electron chi connectivity index (χ3n) is 5.71. The van der Waals surface area contributed by atoms with Gasteiger partial charge in [0.1, 0.15) is 17.4 Å². The first-order valence-corrected chi connectivity index (χ1v) is 12.0. The number of allylic oxidation sites excluding steroid dienone is 4. The van der Waals surface area contributed by atoms with Gasteiger partial charge in [0.05, 0.1) is 30.0 Å². The number of hydrogen-bond donors (Lipinski definition) is 0. The quantitative estimate of drug-likeness (QED) is 0.353. The molecule has 1 amide bonds. The summed E-state index contributed by atoms with van der Waals surface area (Å²) in [7, 11) is 0. The van der Waals surface area contributed by atoms with Gasteiger partial charge in [-0.15, -0.1) is 0 Å². The van der Waals surface area contributed by atoms with Crippen LogP contribution in [0.15, 0.2) is 69.5 Å². The Morgan fingerprint density at radius 2 is 2.26 bits per heavy atom. The molecule has 8 nitrogen and oxygen atoms in total. The molecule has 1 atom stereocenters. The maximum Gasteiger partial charge on any atom is 0.267 e. The molecule has 9 heteroatoms. The third-order valence-corrected chi connectivity index (χ3v) is 6.26. The lowest BCUT2D eigenvalue weighted by atomic mass is 10.2. The average molecular weight is 534 g/mol. The molecule has 0 aliphatic carbocycles. The van der Waals surface area contributed by atoms with E-state index < -0.39 is 5.91 Å². The van der Waals surface area contributed by atoms with Crippen LogP contribution < -0.4 is 11.0 Å². The van der Waals surface area contributed by atoms with E-state index in [1.54, 1.807) is 41.1 Å². The minimum Gasteiger partial charge on any atom is -0.376 e. The van der Waals surface area contributed by atoms with Crippen molar-refractivity contribution in [1.82, 2.24) is 14.0 Å². The molecule has 1 unspecified atom stereocenters. The fourth-order valence-electron chi connectivity index (χ4n) is 4.05. The van der Waals surface area contributed by atoms with Crippen LogP contribution in [0.3, 0.4) is 0 Å². The van der Waals surface area contributed by atoms with E-state index in [1.165, 1.54) is 10.5 Å². The molecule has 0 saturated carbocycles. The van der Waals surface area contributed by atoms with Crippen molar-refractivity contribution in [1.29, 1.82) is 5.26 Å². The van der Waals surface area contributed by atoms with Gasteiger partial charge in [-0.2, -0.15) is 10.3 Å². The molecular weight excluding hydrogens is 510 g/mol. The molecule has 0 spiro atoms. The zero-order valence-electron chi connectivity index (χ0n) is 19.3. The molecule has 3 aromatic heterocycles. The molecule has 3 aromatic rings. The highest BCUT2D eigenvalue weighted by molar-refractivity contribution is 9.11. The van der Waals surface area contributed by atoms with E-state index in [2.05, 4.69) is 33.6 Å². The first-order valence-electron chi connectivity index (χ1n) is 11.2. The molecule has 178 valence electrons. The van der Waals surface area contributed by atoms with Crippen molar-refractivity contribution in [2.24, 2.45) is 4.99 Å². The number of carbonyl (C=O) groups is 1. The van der Waals surface area contributed by atoms with Crippen molar-refractivity contribution >= 4 is 38.5 Å².